The molecule has 2 unspecified atom stereocenters. The first kappa shape index (κ1) is 23.2. The highest BCUT2D eigenvalue weighted by Crippen LogP contribution is 2.23. The Morgan fingerprint density at radius 1 is 1.14 bits per heavy atom. The van der Waals surface area contributed by atoms with Crippen molar-refractivity contribution in [3.05, 3.63) is 84.0 Å². The number of nitrogens with one attached hydrogen (secondary N) is 1. The Bertz CT molecular complexity index is 734. The van der Waals surface area contributed by atoms with Crippen molar-refractivity contribution in [1.82, 2.24) is 0 Å². The highest BCUT2D eigenvalue weighted by Gasteiger charge is 2.20. The number of benzene rings is 1. The van der Waals surface area contributed by atoms with E-state index in [0.717, 1.165) is 24.9 Å². The molecule has 5 N–H and O–H groups in total. The highest BCUT2D eigenvalue weighted by molar-refractivity contribution is 5.80. The van der Waals surface area contributed by atoms with E-state index in [1.807, 2.05) is 38.1 Å². The fraction of sp³-hybridized carbons (Fsp3) is 0.320. The van der Waals surface area contributed by atoms with E-state index in [1.165, 1.54) is 11.1 Å². The molecule has 1 aromatic rings. The fourth-order valence-corrected chi connectivity index (χ4v) is 2.91. The van der Waals surface area contributed by atoms with Gasteiger partial charge in [0.2, 0.25) is 0 Å². The number of amidine groups is 1. The van der Waals surface area contributed by atoms with Crippen molar-refractivity contribution >= 4 is 17.6 Å². The molecule has 0 aromatic heterocycles. The Morgan fingerprint density at radius 2 is 1.86 bits per heavy atom. The molecule has 3 nitrogen and oxygen atoms in total. The molecule has 0 heterocycles. The van der Waals surface area contributed by atoms with E-state index in [0.29, 0.717) is 11.8 Å². The Kier molecular flexibility index (Phi) is 11.1. The summed E-state index contributed by atoms with van der Waals surface area (Å²) >= 11 is 0. The van der Waals surface area contributed by atoms with Gasteiger partial charge in [0.15, 0.2) is 0 Å². The lowest BCUT2D eigenvalue weighted by molar-refractivity contribution is 0.580. The minimum Gasteiger partial charge on any atom is -0.399 e. The Balaban J connectivity index is 0.000000301. The van der Waals surface area contributed by atoms with Crippen LogP contribution in [0.25, 0.3) is 6.08 Å². The molecule has 150 valence electrons. The van der Waals surface area contributed by atoms with Gasteiger partial charge in [-0.25, -0.2) is 0 Å². The zero-order chi connectivity index (χ0) is 20.8. The number of nitrogens with two attached hydrogens (primary N) is 2. The van der Waals surface area contributed by atoms with Gasteiger partial charge >= 0.3 is 0 Å². The van der Waals surface area contributed by atoms with E-state index in [2.05, 4.69) is 61.6 Å². The smallest absolute Gasteiger partial charge is 0.0945 e. The molecule has 2 aliphatic rings. The first-order valence-corrected chi connectivity index (χ1v) is 10.1. The van der Waals surface area contributed by atoms with Gasteiger partial charge in [-0.3, -0.25) is 5.41 Å². The van der Waals surface area contributed by atoms with Gasteiger partial charge in [-0.15, -0.1) is 0 Å². The first-order chi connectivity index (χ1) is 13.6. The third-order valence-electron chi connectivity index (χ3n) is 4.54. The van der Waals surface area contributed by atoms with Crippen molar-refractivity contribution in [2.45, 2.75) is 40.0 Å². The van der Waals surface area contributed by atoms with Crippen LogP contribution in [0.4, 0.5) is 5.69 Å². The average molecular weight is 378 g/mol. The third kappa shape index (κ3) is 8.72. The molecule has 0 saturated carbocycles. The van der Waals surface area contributed by atoms with Crippen LogP contribution >= 0.6 is 0 Å². The summed E-state index contributed by atoms with van der Waals surface area (Å²) in [6, 6.07) is 7.91. The molecule has 0 radical (unpaired) electrons. The lowest BCUT2D eigenvalue weighted by Gasteiger charge is -2.11. The van der Waals surface area contributed by atoms with E-state index in [1.54, 1.807) is 0 Å². The number of allylic oxidation sites excluding steroid dienone is 9. The molecular formula is C25H35N3. The lowest BCUT2D eigenvalue weighted by atomic mass is 9.97. The summed E-state index contributed by atoms with van der Waals surface area (Å²) in [6.07, 6.45) is 22.2. The predicted molar refractivity (Wildman–Crippen MR) is 125 cm³/mol. The minimum atomic E-state index is 0.282. The number of hydrogen-bond acceptors (Lipinski definition) is 2. The van der Waals surface area contributed by atoms with Gasteiger partial charge in [0.25, 0.3) is 0 Å². The fourth-order valence-electron chi connectivity index (χ4n) is 2.91. The van der Waals surface area contributed by atoms with Gasteiger partial charge in [-0.1, -0.05) is 87.6 Å². The second-order valence-electron chi connectivity index (χ2n) is 6.66. The molecule has 3 rings (SSSR count). The SMILES string of the molecule is CC.CC1C=CCC1C(=N)N.Nc1ccc(/C=C/CC2=CCC=CC=C2)cc1. The van der Waals surface area contributed by atoms with Gasteiger partial charge in [0.1, 0.15) is 0 Å². The maximum atomic E-state index is 7.16. The van der Waals surface area contributed by atoms with Gasteiger partial charge < -0.3 is 11.5 Å². The van der Waals surface area contributed by atoms with Gasteiger partial charge in [0, 0.05) is 11.6 Å². The van der Waals surface area contributed by atoms with Crippen LogP contribution < -0.4 is 11.5 Å². The molecule has 2 aliphatic carbocycles. The lowest BCUT2D eigenvalue weighted by Crippen LogP contribution is -2.24. The zero-order valence-corrected chi connectivity index (χ0v) is 17.4. The summed E-state index contributed by atoms with van der Waals surface area (Å²) < 4.78 is 0. The molecule has 2 atom stereocenters. The summed E-state index contributed by atoms with van der Waals surface area (Å²) in [5.74, 6) is 1.08. The van der Waals surface area contributed by atoms with Crippen LogP contribution in [0.15, 0.2) is 78.4 Å². The monoisotopic (exact) mass is 377 g/mol. The van der Waals surface area contributed by atoms with Crippen molar-refractivity contribution in [1.29, 1.82) is 5.41 Å². The first-order valence-electron chi connectivity index (χ1n) is 10.1. The highest BCUT2D eigenvalue weighted by atomic mass is 14.7. The molecule has 0 bridgehead atoms. The second kappa shape index (κ2) is 13.4. The van der Waals surface area contributed by atoms with Crippen molar-refractivity contribution < 1.29 is 0 Å². The van der Waals surface area contributed by atoms with Crippen LogP contribution in [-0.4, -0.2) is 5.84 Å². The van der Waals surface area contributed by atoms with Crippen LogP contribution in [0.1, 0.15) is 45.6 Å². The quantitative estimate of drug-likeness (QED) is 0.250. The molecule has 0 aliphatic heterocycles. The Hall–Kier alpha value is -2.81. The number of hydrogen-bond donors (Lipinski definition) is 3. The van der Waals surface area contributed by atoms with E-state index < -0.39 is 0 Å². The topological polar surface area (TPSA) is 75.9 Å². The molecule has 0 spiro atoms. The Morgan fingerprint density at radius 3 is 2.43 bits per heavy atom. The number of nitrogen functional groups attached to an aromatic ring is 1. The van der Waals surface area contributed by atoms with Crippen LogP contribution in [-0.2, 0) is 0 Å². The molecule has 3 heteroatoms. The third-order valence-corrected chi connectivity index (χ3v) is 4.54. The van der Waals surface area contributed by atoms with E-state index >= 15 is 0 Å². The standard InChI is InChI=1S/C16H17N.C7H12N2.C2H6/c17-16-12-10-15(11-13-16)9-5-8-14-6-3-1-2-4-7-14;1-5-3-2-4-6(5)7(8)9;1-2/h1-3,5-7,9-13H,4,8,17H2;2-3,5-6H,4H2,1H3,(H3,8,9);1-2H3/b9-5+;;. The van der Waals surface area contributed by atoms with Crippen molar-refractivity contribution in [3.63, 3.8) is 0 Å². The summed E-state index contributed by atoms with van der Waals surface area (Å²) in [5.41, 5.74) is 14.3. The minimum absolute atomic E-state index is 0.282. The summed E-state index contributed by atoms with van der Waals surface area (Å²) in [5, 5.41) is 7.16. The Labute approximate surface area is 170 Å². The number of anilines is 1. The molecule has 1 aromatic carbocycles. The zero-order valence-electron chi connectivity index (χ0n) is 17.4. The average Bonchev–Trinajstić information content (AvgIpc) is 2.97. The second-order valence-corrected chi connectivity index (χ2v) is 6.66. The van der Waals surface area contributed by atoms with Crippen LogP contribution in [0, 0.1) is 17.2 Å². The molecular weight excluding hydrogens is 342 g/mol. The largest absolute Gasteiger partial charge is 0.399 e. The summed E-state index contributed by atoms with van der Waals surface area (Å²) in [4.78, 5) is 0. The molecule has 0 saturated heterocycles. The van der Waals surface area contributed by atoms with E-state index in [9.17, 15) is 0 Å². The van der Waals surface area contributed by atoms with Crippen LogP contribution in [0.5, 0.6) is 0 Å². The van der Waals surface area contributed by atoms with Crippen molar-refractivity contribution in [2.24, 2.45) is 17.6 Å². The van der Waals surface area contributed by atoms with Crippen LogP contribution in [0.2, 0.25) is 0 Å². The van der Waals surface area contributed by atoms with Crippen molar-refractivity contribution in [3.8, 4) is 0 Å². The maximum absolute atomic E-state index is 7.16. The van der Waals surface area contributed by atoms with Crippen molar-refractivity contribution in [2.75, 3.05) is 5.73 Å². The maximum Gasteiger partial charge on any atom is 0.0945 e. The van der Waals surface area contributed by atoms with Gasteiger partial charge in [-0.05, 0) is 48.4 Å². The molecule has 0 amide bonds. The normalized spacial score (nSPS) is 19.9. The molecule has 0 fully saturated rings. The summed E-state index contributed by atoms with van der Waals surface area (Å²) in [7, 11) is 0. The van der Waals surface area contributed by atoms with Gasteiger partial charge in [0.05, 0.1) is 5.84 Å². The number of rotatable bonds is 4. The van der Waals surface area contributed by atoms with Crippen LogP contribution in [0.3, 0.4) is 0 Å². The summed E-state index contributed by atoms with van der Waals surface area (Å²) in [6.45, 7) is 6.09. The molecule has 28 heavy (non-hydrogen) atoms. The van der Waals surface area contributed by atoms with Gasteiger partial charge in [-0.2, -0.15) is 0 Å². The predicted octanol–water partition coefficient (Wildman–Crippen LogP) is 6.28. The van der Waals surface area contributed by atoms with E-state index in [-0.39, 0.29) is 5.92 Å². The van der Waals surface area contributed by atoms with E-state index in [4.69, 9.17) is 16.9 Å².